The van der Waals surface area contributed by atoms with E-state index in [1.165, 1.54) is 11.8 Å². The van der Waals surface area contributed by atoms with Crippen molar-refractivity contribution in [3.8, 4) is 5.75 Å². The van der Waals surface area contributed by atoms with Gasteiger partial charge in [-0.25, -0.2) is 0 Å². The molecule has 1 aromatic rings. The topological polar surface area (TPSA) is 29.5 Å². The molecule has 1 aliphatic heterocycles. The Morgan fingerprint density at radius 2 is 2.00 bits per heavy atom. The highest BCUT2D eigenvalue weighted by atomic mass is 32.2. The molecular weight excluding hydrogens is 290 g/mol. The summed E-state index contributed by atoms with van der Waals surface area (Å²) in [5, 5.41) is 0. The number of thiocarbonyl (C=S) groups is 1. The first-order chi connectivity index (χ1) is 9.65. The summed E-state index contributed by atoms with van der Waals surface area (Å²) in [5.74, 6) is 0.846. The zero-order valence-corrected chi connectivity index (χ0v) is 13.2. The van der Waals surface area contributed by atoms with Crippen LogP contribution in [0.1, 0.15) is 25.8 Å². The summed E-state index contributed by atoms with van der Waals surface area (Å²) in [4.78, 5) is 14.4. The molecule has 0 aliphatic carbocycles. The predicted molar refractivity (Wildman–Crippen MR) is 87.8 cm³/mol. The lowest BCUT2D eigenvalue weighted by Gasteiger charge is -2.09. The van der Waals surface area contributed by atoms with E-state index in [4.69, 9.17) is 17.0 Å². The average Bonchev–Trinajstić information content (AvgIpc) is 2.72. The third-order valence-corrected chi connectivity index (χ3v) is 4.22. The van der Waals surface area contributed by atoms with Crippen LogP contribution in [0.2, 0.25) is 0 Å². The molecule has 20 heavy (non-hydrogen) atoms. The number of benzene rings is 1. The van der Waals surface area contributed by atoms with E-state index >= 15 is 0 Å². The van der Waals surface area contributed by atoms with Gasteiger partial charge in [-0.1, -0.05) is 43.0 Å². The molecule has 2 rings (SSSR count). The molecule has 3 nitrogen and oxygen atoms in total. The number of rotatable bonds is 5. The van der Waals surface area contributed by atoms with Gasteiger partial charge in [0.25, 0.3) is 5.91 Å². The molecule has 0 radical (unpaired) electrons. The minimum atomic E-state index is -0.00573. The molecule has 1 aliphatic rings. The summed E-state index contributed by atoms with van der Waals surface area (Å²) < 4.78 is 6.16. The molecule has 0 saturated carbocycles. The number of likely N-dealkylation sites (N-methyl/N-ethyl adjacent to an activating group) is 1. The molecule has 0 unspecified atom stereocenters. The lowest BCUT2D eigenvalue weighted by atomic mass is 10.2. The monoisotopic (exact) mass is 307 g/mol. The normalized spacial score (nSPS) is 17.1. The minimum Gasteiger partial charge on any atom is -0.494 e. The van der Waals surface area contributed by atoms with Crippen molar-refractivity contribution in [3.05, 3.63) is 34.7 Å². The van der Waals surface area contributed by atoms with Crippen LogP contribution >= 0.6 is 24.0 Å². The second-order valence-corrected chi connectivity index (χ2v) is 6.02. The van der Waals surface area contributed by atoms with Crippen LogP contribution in [0.3, 0.4) is 0 Å². The van der Waals surface area contributed by atoms with Gasteiger partial charge in [-0.2, -0.15) is 0 Å². The number of amides is 1. The molecule has 0 aromatic heterocycles. The van der Waals surface area contributed by atoms with Crippen LogP contribution in [-0.4, -0.2) is 28.3 Å². The third-order valence-electron chi connectivity index (χ3n) is 2.84. The van der Waals surface area contributed by atoms with Gasteiger partial charge in [0.05, 0.1) is 11.5 Å². The van der Waals surface area contributed by atoms with Gasteiger partial charge in [0.15, 0.2) is 0 Å². The van der Waals surface area contributed by atoms with E-state index in [0.29, 0.717) is 22.4 Å². The maximum absolute atomic E-state index is 12.1. The van der Waals surface area contributed by atoms with Gasteiger partial charge in [0.1, 0.15) is 10.1 Å². The van der Waals surface area contributed by atoms with E-state index in [9.17, 15) is 4.79 Å². The molecule has 106 valence electrons. The molecule has 0 N–H and O–H groups in total. The number of carbonyl (C=O) groups is 1. The van der Waals surface area contributed by atoms with Gasteiger partial charge in [-0.3, -0.25) is 9.69 Å². The molecule has 1 heterocycles. The largest absolute Gasteiger partial charge is 0.494 e. The SMILES string of the molecule is CCCOc1ccc(C=C2SC(=S)N(CC)C2=O)cc1. The van der Waals surface area contributed by atoms with Gasteiger partial charge in [0, 0.05) is 6.54 Å². The highest BCUT2D eigenvalue weighted by Gasteiger charge is 2.30. The highest BCUT2D eigenvalue weighted by molar-refractivity contribution is 8.26. The Morgan fingerprint density at radius 1 is 1.30 bits per heavy atom. The first-order valence-corrected chi connectivity index (χ1v) is 7.86. The van der Waals surface area contributed by atoms with Crippen LogP contribution in [0.15, 0.2) is 29.2 Å². The molecule has 0 atom stereocenters. The smallest absolute Gasteiger partial charge is 0.266 e. The van der Waals surface area contributed by atoms with Crippen molar-refractivity contribution >= 4 is 40.3 Å². The zero-order valence-electron chi connectivity index (χ0n) is 11.6. The first kappa shape index (κ1) is 15.1. The van der Waals surface area contributed by atoms with Crippen LogP contribution in [0.25, 0.3) is 6.08 Å². The minimum absolute atomic E-state index is 0.00573. The van der Waals surface area contributed by atoms with Crippen molar-refractivity contribution < 1.29 is 9.53 Å². The quantitative estimate of drug-likeness (QED) is 0.613. The lowest BCUT2D eigenvalue weighted by molar-refractivity contribution is -0.121. The van der Waals surface area contributed by atoms with Crippen LogP contribution in [0.4, 0.5) is 0 Å². The summed E-state index contributed by atoms with van der Waals surface area (Å²) in [6, 6.07) is 7.73. The molecule has 1 amide bonds. The fourth-order valence-corrected chi connectivity index (χ4v) is 3.19. The van der Waals surface area contributed by atoms with Crippen LogP contribution in [-0.2, 0) is 4.79 Å². The van der Waals surface area contributed by atoms with Crippen LogP contribution in [0, 0.1) is 0 Å². The number of ether oxygens (including phenoxy) is 1. The molecule has 0 bridgehead atoms. The summed E-state index contributed by atoms with van der Waals surface area (Å²) in [6.45, 7) is 5.33. The first-order valence-electron chi connectivity index (χ1n) is 6.64. The van der Waals surface area contributed by atoms with E-state index in [2.05, 4.69) is 6.92 Å². The van der Waals surface area contributed by atoms with E-state index in [1.54, 1.807) is 4.90 Å². The fraction of sp³-hybridized carbons (Fsp3) is 0.333. The predicted octanol–water partition coefficient (Wildman–Crippen LogP) is 3.70. The van der Waals surface area contributed by atoms with Crippen molar-refractivity contribution in [2.45, 2.75) is 20.3 Å². The van der Waals surface area contributed by atoms with Crippen molar-refractivity contribution in [2.75, 3.05) is 13.2 Å². The van der Waals surface area contributed by atoms with Gasteiger partial charge in [-0.15, -0.1) is 0 Å². The van der Waals surface area contributed by atoms with Gasteiger partial charge >= 0.3 is 0 Å². The number of hydrogen-bond acceptors (Lipinski definition) is 4. The maximum atomic E-state index is 12.1. The standard InChI is InChI=1S/C15H17NO2S2/c1-3-9-18-12-7-5-11(6-8-12)10-13-14(17)16(4-2)15(19)20-13/h5-8,10H,3-4,9H2,1-2H3. The second kappa shape index (κ2) is 6.90. The van der Waals surface area contributed by atoms with Crippen molar-refractivity contribution in [1.82, 2.24) is 4.90 Å². The zero-order chi connectivity index (χ0) is 14.5. The Kier molecular flexibility index (Phi) is 5.20. The number of thioether (sulfide) groups is 1. The van der Waals surface area contributed by atoms with Crippen LogP contribution in [0.5, 0.6) is 5.75 Å². The number of hydrogen-bond donors (Lipinski definition) is 0. The van der Waals surface area contributed by atoms with Gasteiger partial charge in [0.2, 0.25) is 0 Å². The average molecular weight is 307 g/mol. The summed E-state index contributed by atoms with van der Waals surface area (Å²) >= 11 is 6.54. The van der Waals surface area contributed by atoms with E-state index in [-0.39, 0.29) is 5.91 Å². The molecule has 1 fully saturated rings. The molecule has 1 saturated heterocycles. The Morgan fingerprint density at radius 3 is 2.55 bits per heavy atom. The van der Waals surface area contributed by atoms with Crippen molar-refractivity contribution in [1.29, 1.82) is 0 Å². The Labute approximate surface area is 129 Å². The summed E-state index contributed by atoms with van der Waals surface area (Å²) in [6.07, 6.45) is 2.86. The summed E-state index contributed by atoms with van der Waals surface area (Å²) in [7, 11) is 0. The molecule has 5 heteroatoms. The summed E-state index contributed by atoms with van der Waals surface area (Å²) in [5.41, 5.74) is 0.977. The van der Waals surface area contributed by atoms with Gasteiger partial charge in [-0.05, 0) is 37.1 Å². The third kappa shape index (κ3) is 3.41. The Bertz CT molecular complexity index is 537. The van der Waals surface area contributed by atoms with E-state index in [0.717, 1.165) is 17.7 Å². The second-order valence-electron chi connectivity index (χ2n) is 4.34. The lowest BCUT2D eigenvalue weighted by Crippen LogP contribution is -2.27. The van der Waals surface area contributed by atoms with E-state index < -0.39 is 0 Å². The van der Waals surface area contributed by atoms with E-state index in [1.807, 2.05) is 37.3 Å². The number of carbonyl (C=O) groups excluding carboxylic acids is 1. The molecule has 1 aromatic carbocycles. The molecule has 0 spiro atoms. The van der Waals surface area contributed by atoms with Crippen LogP contribution < -0.4 is 4.74 Å². The molecular formula is C15H17NO2S2. The maximum Gasteiger partial charge on any atom is 0.266 e. The highest BCUT2D eigenvalue weighted by Crippen LogP contribution is 2.32. The number of nitrogens with zero attached hydrogens (tertiary/aromatic N) is 1. The fourth-order valence-electron chi connectivity index (χ4n) is 1.80. The Balaban J connectivity index is 2.11. The van der Waals surface area contributed by atoms with Crippen molar-refractivity contribution in [2.24, 2.45) is 0 Å². The Hall–Kier alpha value is -1.33. The van der Waals surface area contributed by atoms with Crippen molar-refractivity contribution in [3.63, 3.8) is 0 Å². The van der Waals surface area contributed by atoms with Gasteiger partial charge < -0.3 is 4.74 Å².